The molecule has 134 valence electrons. The molecule has 3 rings (SSSR count). The van der Waals surface area contributed by atoms with Gasteiger partial charge in [0.25, 0.3) is 0 Å². The van der Waals surface area contributed by atoms with E-state index in [9.17, 15) is 9.18 Å². The molecule has 1 aromatic heterocycles. The van der Waals surface area contributed by atoms with Crippen molar-refractivity contribution in [2.24, 2.45) is 0 Å². The van der Waals surface area contributed by atoms with Gasteiger partial charge in [0, 0.05) is 24.9 Å². The molecule has 0 fully saturated rings. The summed E-state index contributed by atoms with van der Waals surface area (Å²) in [7, 11) is 0. The second kappa shape index (κ2) is 8.89. The van der Waals surface area contributed by atoms with E-state index in [0.29, 0.717) is 43.9 Å². The van der Waals surface area contributed by atoms with Crippen molar-refractivity contribution in [2.45, 2.75) is 25.7 Å². The minimum absolute atomic E-state index is 0.0511. The monoisotopic (exact) mass is 353 g/mol. The van der Waals surface area contributed by atoms with E-state index in [1.54, 1.807) is 6.07 Å². The van der Waals surface area contributed by atoms with Gasteiger partial charge < -0.3 is 9.84 Å². The SMILES string of the molecule is O=C(CCc1cccc(F)c1)NCCCc1nc(-c2ccccc2)no1. The Hall–Kier alpha value is -3.02. The molecule has 0 bridgehead atoms. The van der Waals surface area contributed by atoms with Crippen LogP contribution in [0.15, 0.2) is 59.1 Å². The highest BCUT2D eigenvalue weighted by atomic mass is 19.1. The Balaban J connectivity index is 1.36. The molecule has 6 heteroatoms. The van der Waals surface area contributed by atoms with Crippen LogP contribution in [0.5, 0.6) is 0 Å². The first-order valence-electron chi connectivity index (χ1n) is 8.60. The molecule has 1 amide bonds. The summed E-state index contributed by atoms with van der Waals surface area (Å²) in [6.07, 6.45) is 2.17. The van der Waals surface area contributed by atoms with Crippen molar-refractivity contribution in [2.75, 3.05) is 6.54 Å². The van der Waals surface area contributed by atoms with Crippen LogP contribution in [-0.4, -0.2) is 22.6 Å². The third-order valence-corrected chi connectivity index (χ3v) is 3.92. The van der Waals surface area contributed by atoms with Crippen molar-refractivity contribution in [3.63, 3.8) is 0 Å². The third kappa shape index (κ3) is 5.24. The summed E-state index contributed by atoms with van der Waals surface area (Å²) >= 11 is 0. The Morgan fingerprint density at radius 3 is 2.73 bits per heavy atom. The predicted molar refractivity (Wildman–Crippen MR) is 95.8 cm³/mol. The summed E-state index contributed by atoms with van der Waals surface area (Å²) in [5, 5.41) is 6.82. The lowest BCUT2D eigenvalue weighted by molar-refractivity contribution is -0.121. The number of carbonyl (C=O) groups is 1. The molecule has 0 unspecified atom stereocenters. The average molecular weight is 353 g/mol. The van der Waals surface area contributed by atoms with E-state index in [1.807, 2.05) is 36.4 Å². The zero-order chi connectivity index (χ0) is 18.2. The van der Waals surface area contributed by atoms with Crippen molar-refractivity contribution >= 4 is 5.91 Å². The number of rotatable bonds is 8. The van der Waals surface area contributed by atoms with E-state index < -0.39 is 0 Å². The van der Waals surface area contributed by atoms with Gasteiger partial charge in [0.05, 0.1) is 0 Å². The smallest absolute Gasteiger partial charge is 0.227 e. The first kappa shape index (κ1) is 17.8. The summed E-state index contributed by atoms with van der Waals surface area (Å²) in [5.41, 5.74) is 1.73. The second-order valence-corrected chi connectivity index (χ2v) is 5.96. The first-order valence-corrected chi connectivity index (χ1v) is 8.60. The zero-order valence-electron chi connectivity index (χ0n) is 14.3. The number of amides is 1. The maximum atomic E-state index is 13.1. The highest BCUT2D eigenvalue weighted by Crippen LogP contribution is 2.15. The number of hydrogen-bond donors (Lipinski definition) is 1. The molecule has 0 aliphatic carbocycles. The van der Waals surface area contributed by atoms with E-state index in [1.165, 1.54) is 12.1 Å². The van der Waals surface area contributed by atoms with Gasteiger partial charge in [-0.3, -0.25) is 4.79 Å². The lowest BCUT2D eigenvalue weighted by atomic mass is 10.1. The van der Waals surface area contributed by atoms with E-state index in [4.69, 9.17) is 4.52 Å². The Morgan fingerprint density at radius 2 is 1.92 bits per heavy atom. The number of carbonyl (C=O) groups excluding carboxylic acids is 1. The van der Waals surface area contributed by atoms with Crippen LogP contribution in [0, 0.1) is 5.82 Å². The van der Waals surface area contributed by atoms with Crippen molar-refractivity contribution in [1.29, 1.82) is 0 Å². The van der Waals surface area contributed by atoms with Crippen molar-refractivity contribution in [3.05, 3.63) is 71.9 Å². The van der Waals surface area contributed by atoms with Gasteiger partial charge in [0.1, 0.15) is 5.82 Å². The number of benzene rings is 2. The van der Waals surface area contributed by atoms with Crippen LogP contribution in [0.2, 0.25) is 0 Å². The Labute approximate surface area is 151 Å². The van der Waals surface area contributed by atoms with Crippen LogP contribution >= 0.6 is 0 Å². The summed E-state index contributed by atoms with van der Waals surface area (Å²) in [6.45, 7) is 0.533. The minimum Gasteiger partial charge on any atom is -0.356 e. The number of aromatic nitrogens is 2. The molecule has 0 aliphatic heterocycles. The normalized spacial score (nSPS) is 10.7. The first-order chi connectivity index (χ1) is 12.7. The lowest BCUT2D eigenvalue weighted by Gasteiger charge is -2.04. The lowest BCUT2D eigenvalue weighted by Crippen LogP contribution is -2.25. The van der Waals surface area contributed by atoms with Gasteiger partial charge in [0.15, 0.2) is 0 Å². The number of halogens is 1. The maximum absolute atomic E-state index is 13.1. The van der Waals surface area contributed by atoms with Crippen LogP contribution in [0.1, 0.15) is 24.3 Å². The van der Waals surface area contributed by atoms with Crippen LogP contribution in [0.25, 0.3) is 11.4 Å². The molecule has 0 saturated heterocycles. The summed E-state index contributed by atoms with van der Waals surface area (Å²) in [6, 6.07) is 15.9. The minimum atomic E-state index is -0.280. The maximum Gasteiger partial charge on any atom is 0.227 e. The summed E-state index contributed by atoms with van der Waals surface area (Å²) in [5.74, 6) is 0.791. The molecule has 2 aromatic carbocycles. The van der Waals surface area contributed by atoms with Crippen molar-refractivity contribution in [3.8, 4) is 11.4 Å². The van der Waals surface area contributed by atoms with Crippen LogP contribution < -0.4 is 5.32 Å². The standard InChI is InChI=1S/C20H20FN3O2/c21-17-9-4-6-15(14-17)11-12-18(25)22-13-5-10-19-23-20(24-26-19)16-7-2-1-3-8-16/h1-4,6-9,14H,5,10-13H2,(H,22,25). The van der Waals surface area contributed by atoms with Crippen LogP contribution in [-0.2, 0) is 17.6 Å². The van der Waals surface area contributed by atoms with E-state index in [-0.39, 0.29) is 11.7 Å². The Morgan fingerprint density at radius 1 is 1.08 bits per heavy atom. The molecule has 1 N–H and O–H groups in total. The van der Waals surface area contributed by atoms with Gasteiger partial charge in [-0.25, -0.2) is 4.39 Å². The van der Waals surface area contributed by atoms with Crippen LogP contribution in [0.4, 0.5) is 4.39 Å². The molecule has 3 aromatic rings. The highest BCUT2D eigenvalue weighted by Gasteiger charge is 2.08. The van der Waals surface area contributed by atoms with Gasteiger partial charge in [-0.1, -0.05) is 47.6 Å². The van der Waals surface area contributed by atoms with Gasteiger partial charge in [0.2, 0.25) is 17.6 Å². The molecule has 0 atom stereocenters. The second-order valence-electron chi connectivity index (χ2n) is 5.96. The van der Waals surface area contributed by atoms with Gasteiger partial charge >= 0.3 is 0 Å². The fourth-order valence-corrected chi connectivity index (χ4v) is 2.57. The van der Waals surface area contributed by atoms with Gasteiger partial charge in [-0.15, -0.1) is 0 Å². The fraction of sp³-hybridized carbons (Fsp3) is 0.250. The predicted octanol–water partition coefficient (Wildman–Crippen LogP) is 3.56. The zero-order valence-corrected chi connectivity index (χ0v) is 14.3. The van der Waals surface area contributed by atoms with Crippen molar-refractivity contribution < 1.29 is 13.7 Å². The number of aryl methyl sites for hydroxylation is 2. The molecular formula is C20H20FN3O2. The average Bonchev–Trinajstić information content (AvgIpc) is 3.13. The van der Waals surface area contributed by atoms with E-state index in [0.717, 1.165) is 11.1 Å². The third-order valence-electron chi connectivity index (χ3n) is 3.92. The molecule has 26 heavy (non-hydrogen) atoms. The van der Waals surface area contributed by atoms with Gasteiger partial charge in [-0.05, 0) is 30.5 Å². The number of nitrogens with zero attached hydrogens (tertiary/aromatic N) is 2. The van der Waals surface area contributed by atoms with E-state index >= 15 is 0 Å². The molecule has 0 aliphatic rings. The molecule has 1 heterocycles. The van der Waals surface area contributed by atoms with Crippen LogP contribution in [0.3, 0.4) is 0 Å². The molecule has 0 spiro atoms. The Bertz CT molecular complexity index is 849. The van der Waals surface area contributed by atoms with Crippen molar-refractivity contribution in [1.82, 2.24) is 15.5 Å². The van der Waals surface area contributed by atoms with Gasteiger partial charge in [-0.2, -0.15) is 4.98 Å². The van der Waals surface area contributed by atoms with E-state index in [2.05, 4.69) is 15.5 Å². The molecule has 0 saturated carbocycles. The molecule has 0 radical (unpaired) electrons. The summed E-state index contributed by atoms with van der Waals surface area (Å²) < 4.78 is 18.3. The molecular weight excluding hydrogens is 333 g/mol. The topological polar surface area (TPSA) is 68.0 Å². The fourth-order valence-electron chi connectivity index (χ4n) is 2.57. The summed E-state index contributed by atoms with van der Waals surface area (Å²) in [4.78, 5) is 16.2. The Kier molecular flexibility index (Phi) is 6.09. The molecule has 5 nitrogen and oxygen atoms in total. The highest BCUT2D eigenvalue weighted by molar-refractivity contribution is 5.76. The number of nitrogens with one attached hydrogen (secondary N) is 1. The number of hydrogen-bond acceptors (Lipinski definition) is 4. The largest absolute Gasteiger partial charge is 0.356 e. The quantitative estimate of drug-likeness (QED) is 0.629.